The minimum Gasteiger partial charge on any atom is -0.378 e. The summed E-state index contributed by atoms with van der Waals surface area (Å²) in [7, 11) is 0. The molecule has 0 spiro atoms. The average molecular weight is 295 g/mol. The second kappa shape index (κ2) is 6.23. The summed E-state index contributed by atoms with van der Waals surface area (Å²) >= 11 is 0. The van der Waals surface area contributed by atoms with Crippen LogP contribution in [0.3, 0.4) is 0 Å². The minimum absolute atomic E-state index is 0.101. The first-order chi connectivity index (χ1) is 10.1. The Labute approximate surface area is 127 Å². The number of piperidine rings is 1. The molecule has 5 heteroatoms. The van der Waals surface area contributed by atoms with Crippen molar-refractivity contribution in [3.05, 3.63) is 0 Å². The average Bonchev–Trinajstić information content (AvgIpc) is 2.90. The number of nitrogens with two attached hydrogens (primary N) is 1. The lowest BCUT2D eigenvalue weighted by Gasteiger charge is -2.38. The molecule has 0 aromatic carbocycles. The standard InChI is InChI=1S/C16H29N3O2/c1-11(2)16(20)19-5-3-4-12-7-18(8-15(12)19)14-6-13(17)9-21-10-14/h11-15H,3-10,17H2,1-2H3. The van der Waals surface area contributed by atoms with Gasteiger partial charge in [-0.1, -0.05) is 13.8 Å². The van der Waals surface area contributed by atoms with Crippen LogP contribution in [0.4, 0.5) is 0 Å². The number of hydrogen-bond acceptors (Lipinski definition) is 4. The number of fused-ring (bicyclic) bond motifs is 1. The molecule has 4 atom stereocenters. The van der Waals surface area contributed by atoms with Gasteiger partial charge in [0.2, 0.25) is 5.91 Å². The predicted molar refractivity (Wildman–Crippen MR) is 81.8 cm³/mol. The third-order valence-electron chi connectivity index (χ3n) is 5.32. The van der Waals surface area contributed by atoms with Crippen LogP contribution in [-0.4, -0.2) is 66.7 Å². The van der Waals surface area contributed by atoms with Gasteiger partial charge >= 0.3 is 0 Å². The van der Waals surface area contributed by atoms with Crippen LogP contribution < -0.4 is 5.73 Å². The van der Waals surface area contributed by atoms with Crippen LogP contribution in [-0.2, 0) is 9.53 Å². The molecule has 0 saturated carbocycles. The molecule has 3 fully saturated rings. The van der Waals surface area contributed by atoms with Crippen molar-refractivity contribution >= 4 is 5.91 Å². The lowest BCUT2D eigenvalue weighted by molar-refractivity contribution is -0.138. The largest absolute Gasteiger partial charge is 0.378 e. The number of carbonyl (C=O) groups is 1. The quantitative estimate of drug-likeness (QED) is 0.814. The van der Waals surface area contributed by atoms with Crippen molar-refractivity contribution in [2.24, 2.45) is 17.6 Å². The minimum atomic E-state index is 0.101. The van der Waals surface area contributed by atoms with Crippen LogP contribution in [0.5, 0.6) is 0 Å². The zero-order chi connectivity index (χ0) is 15.0. The van der Waals surface area contributed by atoms with Gasteiger partial charge in [-0.25, -0.2) is 0 Å². The lowest BCUT2D eigenvalue weighted by Crippen LogP contribution is -2.51. The summed E-state index contributed by atoms with van der Waals surface area (Å²) < 4.78 is 5.63. The molecule has 0 aromatic heterocycles. The number of carbonyl (C=O) groups excluding carboxylic acids is 1. The van der Waals surface area contributed by atoms with E-state index in [-0.39, 0.29) is 12.0 Å². The third kappa shape index (κ3) is 3.10. The topological polar surface area (TPSA) is 58.8 Å². The molecule has 0 aromatic rings. The Kier molecular flexibility index (Phi) is 4.52. The Morgan fingerprint density at radius 3 is 2.81 bits per heavy atom. The fourth-order valence-corrected chi connectivity index (χ4v) is 4.21. The van der Waals surface area contributed by atoms with Crippen molar-refractivity contribution in [1.82, 2.24) is 9.80 Å². The summed E-state index contributed by atoms with van der Waals surface area (Å²) in [4.78, 5) is 17.1. The van der Waals surface area contributed by atoms with Crippen LogP contribution in [0.2, 0.25) is 0 Å². The molecular weight excluding hydrogens is 266 g/mol. The van der Waals surface area contributed by atoms with E-state index in [0.717, 1.165) is 39.1 Å². The fourth-order valence-electron chi connectivity index (χ4n) is 4.21. The van der Waals surface area contributed by atoms with Gasteiger partial charge in [0, 0.05) is 43.7 Å². The van der Waals surface area contributed by atoms with Gasteiger partial charge < -0.3 is 15.4 Å². The van der Waals surface area contributed by atoms with Gasteiger partial charge in [-0.3, -0.25) is 9.69 Å². The highest BCUT2D eigenvalue weighted by Gasteiger charge is 2.43. The van der Waals surface area contributed by atoms with E-state index in [4.69, 9.17) is 10.5 Å². The first kappa shape index (κ1) is 15.3. The molecule has 3 saturated heterocycles. The molecule has 4 unspecified atom stereocenters. The summed E-state index contributed by atoms with van der Waals surface area (Å²) in [6.07, 6.45) is 3.42. The molecule has 0 radical (unpaired) electrons. The smallest absolute Gasteiger partial charge is 0.225 e. The molecule has 3 aliphatic heterocycles. The van der Waals surface area contributed by atoms with Crippen LogP contribution in [0.1, 0.15) is 33.1 Å². The van der Waals surface area contributed by atoms with Crippen LogP contribution in [0.15, 0.2) is 0 Å². The first-order valence-electron chi connectivity index (χ1n) is 8.44. The van der Waals surface area contributed by atoms with E-state index in [0.29, 0.717) is 30.5 Å². The van der Waals surface area contributed by atoms with Gasteiger partial charge in [0.25, 0.3) is 0 Å². The first-order valence-corrected chi connectivity index (χ1v) is 8.44. The van der Waals surface area contributed by atoms with Gasteiger partial charge in [0.1, 0.15) is 0 Å². The van der Waals surface area contributed by atoms with Crippen molar-refractivity contribution in [1.29, 1.82) is 0 Å². The summed E-state index contributed by atoms with van der Waals surface area (Å²) in [5.41, 5.74) is 6.04. The van der Waals surface area contributed by atoms with Crippen molar-refractivity contribution in [2.45, 2.75) is 51.2 Å². The normalized spacial score (nSPS) is 37.8. The predicted octanol–water partition coefficient (Wildman–Crippen LogP) is 0.681. The molecule has 3 heterocycles. The maximum atomic E-state index is 12.4. The highest BCUT2D eigenvalue weighted by molar-refractivity contribution is 5.78. The monoisotopic (exact) mass is 295 g/mol. The number of hydrogen-bond donors (Lipinski definition) is 1. The molecule has 3 aliphatic rings. The van der Waals surface area contributed by atoms with E-state index in [1.807, 2.05) is 13.8 Å². The number of rotatable bonds is 2. The molecule has 2 N–H and O–H groups in total. The molecule has 1 amide bonds. The van der Waals surface area contributed by atoms with Gasteiger partial charge in [0.15, 0.2) is 0 Å². The number of amides is 1. The van der Waals surface area contributed by atoms with Crippen LogP contribution in [0, 0.1) is 11.8 Å². The highest BCUT2D eigenvalue weighted by atomic mass is 16.5. The highest BCUT2D eigenvalue weighted by Crippen LogP contribution is 2.33. The zero-order valence-electron chi connectivity index (χ0n) is 13.3. The third-order valence-corrected chi connectivity index (χ3v) is 5.32. The Hall–Kier alpha value is -0.650. The van der Waals surface area contributed by atoms with Crippen molar-refractivity contribution in [3.63, 3.8) is 0 Å². The van der Waals surface area contributed by atoms with E-state index in [1.54, 1.807) is 0 Å². The fraction of sp³-hybridized carbons (Fsp3) is 0.938. The van der Waals surface area contributed by atoms with Crippen molar-refractivity contribution < 1.29 is 9.53 Å². The van der Waals surface area contributed by atoms with Gasteiger partial charge in [0.05, 0.1) is 13.2 Å². The second-order valence-electron chi connectivity index (χ2n) is 7.30. The van der Waals surface area contributed by atoms with Crippen LogP contribution in [0.25, 0.3) is 0 Å². The number of ether oxygens (including phenoxy) is 1. The Balaban J connectivity index is 1.66. The summed E-state index contributed by atoms with van der Waals surface area (Å²) in [6.45, 7) is 8.55. The van der Waals surface area contributed by atoms with E-state index in [2.05, 4.69) is 9.80 Å². The SMILES string of the molecule is CC(C)C(=O)N1CCCC2CN(C3COCC(N)C3)CC21. The molecule has 5 nitrogen and oxygen atoms in total. The zero-order valence-corrected chi connectivity index (χ0v) is 13.3. The molecule has 21 heavy (non-hydrogen) atoms. The summed E-state index contributed by atoms with van der Waals surface area (Å²) in [5, 5.41) is 0. The second-order valence-corrected chi connectivity index (χ2v) is 7.30. The molecule has 0 aliphatic carbocycles. The number of likely N-dealkylation sites (tertiary alicyclic amines) is 2. The summed E-state index contributed by atoms with van der Waals surface area (Å²) in [5.74, 6) is 1.06. The van der Waals surface area contributed by atoms with Crippen molar-refractivity contribution in [2.75, 3.05) is 32.8 Å². The summed E-state index contributed by atoms with van der Waals surface area (Å²) in [6, 6.07) is 1.02. The molecular formula is C16H29N3O2. The van der Waals surface area contributed by atoms with E-state index in [1.165, 1.54) is 6.42 Å². The van der Waals surface area contributed by atoms with Crippen molar-refractivity contribution in [3.8, 4) is 0 Å². The van der Waals surface area contributed by atoms with Crippen LogP contribution >= 0.6 is 0 Å². The molecule has 3 rings (SSSR count). The maximum absolute atomic E-state index is 12.4. The molecule has 0 bridgehead atoms. The van der Waals surface area contributed by atoms with Gasteiger partial charge in [-0.05, 0) is 25.2 Å². The van der Waals surface area contributed by atoms with E-state index in [9.17, 15) is 4.79 Å². The Morgan fingerprint density at radius 2 is 2.10 bits per heavy atom. The Morgan fingerprint density at radius 1 is 1.29 bits per heavy atom. The van der Waals surface area contributed by atoms with E-state index >= 15 is 0 Å². The van der Waals surface area contributed by atoms with Gasteiger partial charge in [-0.15, -0.1) is 0 Å². The van der Waals surface area contributed by atoms with E-state index < -0.39 is 0 Å². The number of nitrogens with zero attached hydrogens (tertiary/aromatic N) is 2. The Bertz CT molecular complexity index is 388. The maximum Gasteiger partial charge on any atom is 0.225 e. The lowest BCUT2D eigenvalue weighted by atomic mass is 9.91. The van der Waals surface area contributed by atoms with Gasteiger partial charge in [-0.2, -0.15) is 0 Å². The molecule has 120 valence electrons.